The van der Waals surface area contributed by atoms with Gasteiger partial charge >= 0.3 is 53.1 Å². The third kappa shape index (κ3) is 18.6. The van der Waals surface area contributed by atoms with Gasteiger partial charge in [0.05, 0.1) is 11.4 Å². The van der Waals surface area contributed by atoms with Gasteiger partial charge in [0.25, 0.3) is 0 Å². The Morgan fingerprint density at radius 3 is 1.00 bits per heavy atom. The maximum Gasteiger partial charge on any atom is 3.00 e. The number of nitrogens with zero attached hydrogens (tertiary/aromatic N) is 4. The van der Waals surface area contributed by atoms with Crippen LogP contribution in [0.3, 0.4) is 0 Å². The SMILES string of the molecule is CC(C)(C)c1ccnc(-c2cc(C(C)(C)C)ccn2)c1.Cc1c[c-]c(-c2cc(C)ccn2)cc1.Cc1c[c-]c(-c2cc(C)ccn2)cc1.F[P-](F)(F)(F)(F)F.[Ir+3]. The van der Waals surface area contributed by atoms with Crippen molar-refractivity contribution in [1.29, 1.82) is 0 Å². The van der Waals surface area contributed by atoms with Gasteiger partial charge in [-0.1, -0.05) is 78.6 Å². The van der Waals surface area contributed by atoms with E-state index in [-0.39, 0.29) is 30.9 Å². The van der Waals surface area contributed by atoms with Gasteiger partial charge in [0.15, 0.2) is 0 Å². The first-order valence-corrected chi connectivity index (χ1v) is 19.5. The van der Waals surface area contributed by atoms with Gasteiger partial charge in [0.1, 0.15) is 0 Å². The summed E-state index contributed by atoms with van der Waals surface area (Å²) < 4.78 is 59.2. The van der Waals surface area contributed by atoms with E-state index in [9.17, 15) is 25.2 Å². The molecule has 300 valence electrons. The second-order valence-corrected chi connectivity index (χ2v) is 17.2. The molecule has 0 unspecified atom stereocenters. The Morgan fingerprint density at radius 1 is 0.429 bits per heavy atom. The molecule has 0 bridgehead atoms. The molecule has 0 saturated carbocycles. The summed E-state index contributed by atoms with van der Waals surface area (Å²) in [7, 11) is -10.7. The standard InChI is InChI=1S/C18H24N2.2C13H12N.F6P.Ir/c1-17(2,3)13-7-9-19-15(11-13)16-12-14(8-10-20-16)18(4,5)6;2*1-10-3-5-12(6-4-10)13-9-11(2)7-8-14-13;1-7(2,3,4,5)6;/h7-12H,1-6H3;2*3-5,7-9H,1-2H3;;/q;3*-1;+3. The van der Waals surface area contributed by atoms with Crippen LogP contribution < -0.4 is 0 Å². The second kappa shape index (κ2) is 18.3. The van der Waals surface area contributed by atoms with Crippen molar-refractivity contribution in [3.63, 3.8) is 0 Å². The molecule has 6 aromatic rings. The zero-order chi connectivity index (χ0) is 41.3. The van der Waals surface area contributed by atoms with Crippen LogP contribution in [0.15, 0.2) is 110 Å². The molecule has 56 heavy (non-hydrogen) atoms. The van der Waals surface area contributed by atoms with Crippen LogP contribution in [-0.4, -0.2) is 19.9 Å². The van der Waals surface area contributed by atoms with Gasteiger partial charge in [-0.2, -0.15) is 0 Å². The average Bonchev–Trinajstić information content (AvgIpc) is 3.08. The van der Waals surface area contributed by atoms with Crippen molar-refractivity contribution in [3.8, 4) is 33.9 Å². The number of hydrogen-bond donors (Lipinski definition) is 0. The van der Waals surface area contributed by atoms with Crippen LogP contribution in [-0.2, 0) is 30.9 Å². The summed E-state index contributed by atoms with van der Waals surface area (Å²) in [4.78, 5) is 17.6. The van der Waals surface area contributed by atoms with Crippen molar-refractivity contribution in [2.45, 2.75) is 80.1 Å². The summed E-state index contributed by atoms with van der Waals surface area (Å²) in [6.45, 7) is 21.5. The Bertz CT molecular complexity index is 2010. The number of aryl methyl sites for hydroxylation is 4. The summed E-state index contributed by atoms with van der Waals surface area (Å²) in [6.07, 6.45) is 7.42. The molecule has 0 atom stereocenters. The summed E-state index contributed by atoms with van der Waals surface area (Å²) in [5.41, 5.74) is 13.7. The summed E-state index contributed by atoms with van der Waals surface area (Å²) in [5.74, 6) is 0. The van der Waals surface area contributed by atoms with E-state index in [1.807, 2.05) is 49.1 Å². The van der Waals surface area contributed by atoms with Gasteiger partial charge in [0, 0.05) is 24.8 Å². The van der Waals surface area contributed by atoms with Crippen molar-refractivity contribution < 1.29 is 45.3 Å². The minimum absolute atomic E-state index is 0. The number of pyridine rings is 4. The van der Waals surface area contributed by atoms with Crippen molar-refractivity contribution in [3.05, 3.63) is 155 Å². The van der Waals surface area contributed by atoms with E-state index in [4.69, 9.17) is 0 Å². The zero-order valence-corrected chi connectivity index (χ0v) is 36.5. The summed E-state index contributed by atoms with van der Waals surface area (Å²) in [5, 5.41) is 0. The Labute approximate surface area is 340 Å². The van der Waals surface area contributed by atoms with E-state index < -0.39 is 7.81 Å². The van der Waals surface area contributed by atoms with Crippen molar-refractivity contribution in [2.75, 3.05) is 0 Å². The molecule has 0 N–H and O–H groups in total. The number of halogens is 6. The number of rotatable bonds is 3. The molecule has 12 heteroatoms. The quantitative estimate of drug-likeness (QED) is 0.101. The molecule has 2 aromatic carbocycles. The van der Waals surface area contributed by atoms with Crippen LogP contribution in [0.25, 0.3) is 33.9 Å². The smallest absolute Gasteiger partial charge is 3.00 e. The number of aromatic nitrogens is 4. The first-order valence-electron chi connectivity index (χ1n) is 17.5. The molecule has 0 saturated heterocycles. The normalized spacial score (nSPS) is 12.4. The molecule has 6 rings (SSSR count). The van der Waals surface area contributed by atoms with Crippen LogP contribution in [0.4, 0.5) is 25.2 Å². The van der Waals surface area contributed by atoms with Gasteiger partial charge in [-0.3, -0.25) is 9.97 Å². The van der Waals surface area contributed by atoms with Gasteiger partial charge in [-0.25, -0.2) is 0 Å². The number of benzene rings is 2. The number of hydrogen-bond acceptors (Lipinski definition) is 4. The fourth-order valence-electron chi connectivity index (χ4n) is 4.77. The van der Waals surface area contributed by atoms with E-state index in [1.54, 1.807) is 0 Å². The predicted octanol–water partition coefficient (Wildman–Crippen LogP) is 14.4. The van der Waals surface area contributed by atoms with Gasteiger partial charge in [-0.05, 0) is 83.6 Å². The molecule has 0 aliphatic rings. The summed E-state index contributed by atoms with van der Waals surface area (Å²) in [6, 6.07) is 35.3. The fraction of sp³-hybridized carbons (Fsp3) is 0.273. The molecule has 4 nitrogen and oxygen atoms in total. The second-order valence-electron chi connectivity index (χ2n) is 15.3. The largest absolute Gasteiger partial charge is 3.00 e. The Balaban J connectivity index is 0.000000270. The predicted molar refractivity (Wildman–Crippen MR) is 214 cm³/mol. The average molecular weight is 970 g/mol. The van der Waals surface area contributed by atoms with Crippen LogP contribution in [0.2, 0.25) is 0 Å². The maximum atomic E-state index is 9.87. The molecule has 0 amide bonds. The van der Waals surface area contributed by atoms with Crippen LogP contribution in [0.1, 0.15) is 74.9 Å². The molecule has 0 spiro atoms. The van der Waals surface area contributed by atoms with Crippen molar-refractivity contribution in [2.24, 2.45) is 0 Å². The van der Waals surface area contributed by atoms with Crippen molar-refractivity contribution >= 4 is 7.81 Å². The molecule has 0 aliphatic carbocycles. The van der Waals surface area contributed by atoms with E-state index >= 15 is 0 Å². The van der Waals surface area contributed by atoms with E-state index in [2.05, 4.69) is 162 Å². The monoisotopic (exact) mass is 970 g/mol. The van der Waals surface area contributed by atoms with Gasteiger partial charge in [-0.15, -0.1) is 70.8 Å². The molecule has 0 radical (unpaired) electrons. The zero-order valence-electron chi connectivity index (χ0n) is 33.2. The molecule has 4 heterocycles. The van der Waals surface area contributed by atoms with Crippen LogP contribution in [0, 0.1) is 39.8 Å². The van der Waals surface area contributed by atoms with Crippen LogP contribution >= 0.6 is 7.81 Å². The minimum atomic E-state index is -10.7. The Hall–Kier alpha value is -4.30. The third-order valence-corrected chi connectivity index (χ3v) is 7.83. The Morgan fingerprint density at radius 2 is 0.732 bits per heavy atom. The molecule has 0 fully saturated rings. The van der Waals surface area contributed by atoms with E-state index in [1.165, 1.54) is 33.4 Å². The van der Waals surface area contributed by atoms with E-state index in [0.717, 1.165) is 33.9 Å². The first kappa shape index (κ1) is 47.8. The maximum absolute atomic E-state index is 10.7. The van der Waals surface area contributed by atoms with Crippen LogP contribution in [0.5, 0.6) is 0 Å². The van der Waals surface area contributed by atoms with Crippen molar-refractivity contribution in [1.82, 2.24) is 19.9 Å². The summed E-state index contributed by atoms with van der Waals surface area (Å²) >= 11 is 0. The third-order valence-electron chi connectivity index (χ3n) is 7.83. The molecule has 4 aromatic heterocycles. The molecule has 0 aliphatic heterocycles. The van der Waals surface area contributed by atoms with Gasteiger partial charge in [0.2, 0.25) is 0 Å². The molecular formula is C44H48F6IrN4P. The molecular weight excluding hydrogens is 922 g/mol. The topological polar surface area (TPSA) is 51.6 Å². The fourth-order valence-corrected chi connectivity index (χ4v) is 4.77. The first-order chi connectivity index (χ1) is 25.1. The minimum Gasteiger partial charge on any atom is 3.00 e. The van der Waals surface area contributed by atoms with E-state index in [0.29, 0.717) is 0 Å². The van der Waals surface area contributed by atoms with Gasteiger partial charge < -0.3 is 9.97 Å². The Kier molecular flexibility index (Phi) is 15.6.